The minimum atomic E-state index is -0.549. The first kappa shape index (κ1) is 16.3. The van der Waals surface area contributed by atoms with Crippen molar-refractivity contribution in [2.45, 2.75) is 4.90 Å². The first-order valence-electron chi connectivity index (χ1n) is 7.01. The molecule has 2 N–H and O–H groups in total. The molecule has 0 amide bonds. The van der Waals surface area contributed by atoms with E-state index in [4.69, 9.17) is 0 Å². The Morgan fingerprint density at radius 1 is 1.08 bits per heavy atom. The molecule has 0 saturated heterocycles. The Hall–Kier alpha value is -2.52. The Balaban J connectivity index is 2.06. The zero-order valence-corrected chi connectivity index (χ0v) is 13.7. The molecule has 6 nitrogen and oxygen atoms in total. The van der Waals surface area contributed by atoms with Gasteiger partial charge in [0, 0.05) is 29.3 Å². The quantitative estimate of drug-likeness (QED) is 0.691. The topological polar surface area (TPSA) is 67.7 Å². The number of anilines is 2. The lowest BCUT2D eigenvalue weighted by atomic mass is 10.1. The molecule has 3 aromatic rings. The van der Waals surface area contributed by atoms with E-state index in [2.05, 4.69) is 25.6 Å². The summed E-state index contributed by atoms with van der Waals surface area (Å²) in [5.74, 6) is -0.567. The molecule has 24 heavy (non-hydrogen) atoms. The van der Waals surface area contributed by atoms with Crippen molar-refractivity contribution in [1.82, 2.24) is 24.9 Å². The van der Waals surface area contributed by atoms with Crippen LogP contribution >= 0.6 is 11.9 Å². The first-order valence-corrected chi connectivity index (χ1v) is 7.82. The summed E-state index contributed by atoms with van der Waals surface area (Å²) in [7, 11) is 3.52. The number of aromatic nitrogens is 4. The van der Waals surface area contributed by atoms with Gasteiger partial charge in [0.25, 0.3) is 0 Å². The van der Waals surface area contributed by atoms with E-state index in [-0.39, 0.29) is 5.69 Å². The van der Waals surface area contributed by atoms with E-state index in [1.165, 1.54) is 16.6 Å². The van der Waals surface area contributed by atoms with Crippen LogP contribution in [0.25, 0.3) is 11.4 Å². The number of aryl methyl sites for hydroxylation is 1. The van der Waals surface area contributed by atoms with Crippen molar-refractivity contribution in [3.8, 4) is 11.4 Å². The van der Waals surface area contributed by atoms with Crippen molar-refractivity contribution in [3.05, 3.63) is 48.0 Å². The molecule has 2 aromatic carbocycles. The highest BCUT2D eigenvalue weighted by Gasteiger charge is 2.14. The summed E-state index contributed by atoms with van der Waals surface area (Å²) in [5.41, 5.74) is 1.28. The van der Waals surface area contributed by atoms with Crippen LogP contribution in [0.3, 0.4) is 0 Å². The SMILES string of the molecule is CNSc1ccc(Nc2cc(F)ccc2F)c(-c2nnnn2C)c1. The maximum absolute atomic E-state index is 13.9. The zero-order valence-electron chi connectivity index (χ0n) is 12.9. The van der Waals surface area contributed by atoms with Gasteiger partial charge in [-0.1, -0.05) is 0 Å². The number of nitrogens with zero attached hydrogens (tertiary/aromatic N) is 4. The predicted octanol–water partition coefficient (Wildman–Crippen LogP) is 3.13. The Bertz CT molecular complexity index is 867. The van der Waals surface area contributed by atoms with E-state index in [1.807, 2.05) is 19.2 Å². The number of hydrogen-bond donors (Lipinski definition) is 2. The third-order valence-electron chi connectivity index (χ3n) is 3.27. The van der Waals surface area contributed by atoms with E-state index in [0.717, 1.165) is 23.1 Å². The van der Waals surface area contributed by atoms with Crippen LogP contribution in [-0.4, -0.2) is 27.3 Å². The molecule has 0 spiro atoms. The van der Waals surface area contributed by atoms with E-state index in [0.29, 0.717) is 17.1 Å². The maximum atomic E-state index is 13.9. The second kappa shape index (κ2) is 6.93. The predicted molar refractivity (Wildman–Crippen MR) is 88.8 cm³/mol. The van der Waals surface area contributed by atoms with Crippen LogP contribution in [-0.2, 0) is 7.05 Å². The van der Waals surface area contributed by atoms with Crippen LogP contribution in [0.5, 0.6) is 0 Å². The minimum Gasteiger partial charge on any atom is -0.352 e. The summed E-state index contributed by atoms with van der Waals surface area (Å²) in [6.07, 6.45) is 0. The monoisotopic (exact) mass is 348 g/mol. The second-order valence-electron chi connectivity index (χ2n) is 4.89. The number of halogens is 2. The van der Waals surface area contributed by atoms with Gasteiger partial charge in [0.15, 0.2) is 5.82 Å². The molecule has 0 aliphatic rings. The number of rotatable bonds is 5. The van der Waals surface area contributed by atoms with Gasteiger partial charge in [-0.15, -0.1) is 5.10 Å². The molecule has 0 fully saturated rings. The largest absolute Gasteiger partial charge is 0.352 e. The normalized spacial score (nSPS) is 10.8. The van der Waals surface area contributed by atoms with Crippen molar-refractivity contribution < 1.29 is 8.78 Å². The number of benzene rings is 2. The molecule has 0 bridgehead atoms. The standard InChI is InChI=1S/C15H14F2N6S/c1-18-24-10-4-6-13(11(8-10)15-20-21-22-23(15)2)19-14-7-9(16)3-5-12(14)17/h3-8,18-19H,1-2H3. The molecule has 0 saturated carbocycles. The van der Waals surface area contributed by atoms with E-state index in [1.54, 1.807) is 13.1 Å². The molecule has 0 aliphatic carbocycles. The molecule has 0 unspecified atom stereocenters. The van der Waals surface area contributed by atoms with Crippen LogP contribution in [0.1, 0.15) is 0 Å². The molecule has 0 radical (unpaired) electrons. The van der Waals surface area contributed by atoms with Gasteiger partial charge in [0.05, 0.1) is 5.69 Å². The first-order chi connectivity index (χ1) is 11.6. The third-order valence-corrected chi connectivity index (χ3v) is 3.96. The van der Waals surface area contributed by atoms with E-state index < -0.39 is 11.6 Å². The summed E-state index contributed by atoms with van der Waals surface area (Å²) in [5, 5.41) is 14.4. The van der Waals surface area contributed by atoms with Crippen LogP contribution in [0.15, 0.2) is 41.3 Å². The van der Waals surface area contributed by atoms with Gasteiger partial charge in [-0.05, 0) is 59.8 Å². The number of tetrazole rings is 1. The Morgan fingerprint density at radius 2 is 1.92 bits per heavy atom. The molecular formula is C15H14F2N6S. The summed E-state index contributed by atoms with van der Waals surface area (Å²) in [6.45, 7) is 0. The molecule has 3 rings (SSSR count). The average molecular weight is 348 g/mol. The molecule has 0 atom stereocenters. The Kier molecular flexibility index (Phi) is 4.72. The number of hydrogen-bond acceptors (Lipinski definition) is 6. The lowest BCUT2D eigenvalue weighted by molar-refractivity contribution is 0.603. The van der Waals surface area contributed by atoms with Gasteiger partial charge in [-0.3, -0.25) is 4.72 Å². The summed E-state index contributed by atoms with van der Waals surface area (Å²) in [6, 6.07) is 8.74. The Labute approximate surface area is 141 Å². The third kappa shape index (κ3) is 3.36. The van der Waals surface area contributed by atoms with Crippen molar-refractivity contribution in [2.24, 2.45) is 7.05 Å². The van der Waals surface area contributed by atoms with Gasteiger partial charge in [0.2, 0.25) is 0 Å². The average Bonchev–Trinajstić information content (AvgIpc) is 2.98. The summed E-state index contributed by atoms with van der Waals surface area (Å²) >= 11 is 1.42. The fourth-order valence-corrected chi connectivity index (χ4v) is 2.74. The second-order valence-corrected chi connectivity index (χ2v) is 5.97. The lowest BCUT2D eigenvalue weighted by Crippen LogP contribution is -2.01. The van der Waals surface area contributed by atoms with Crippen LogP contribution < -0.4 is 10.0 Å². The highest BCUT2D eigenvalue weighted by molar-refractivity contribution is 7.97. The molecule has 9 heteroatoms. The van der Waals surface area contributed by atoms with Gasteiger partial charge >= 0.3 is 0 Å². The highest BCUT2D eigenvalue weighted by atomic mass is 32.2. The number of nitrogens with one attached hydrogen (secondary N) is 2. The fourth-order valence-electron chi connectivity index (χ4n) is 2.19. The molecule has 1 heterocycles. The summed E-state index contributed by atoms with van der Waals surface area (Å²) in [4.78, 5) is 0.931. The van der Waals surface area contributed by atoms with Gasteiger partial charge in [0.1, 0.15) is 11.6 Å². The van der Waals surface area contributed by atoms with Gasteiger partial charge < -0.3 is 5.32 Å². The van der Waals surface area contributed by atoms with Crippen molar-refractivity contribution in [2.75, 3.05) is 12.4 Å². The zero-order chi connectivity index (χ0) is 17.1. The van der Waals surface area contributed by atoms with Crippen LogP contribution in [0, 0.1) is 11.6 Å². The molecule has 1 aromatic heterocycles. The fraction of sp³-hybridized carbons (Fsp3) is 0.133. The van der Waals surface area contributed by atoms with Crippen LogP contribution in [0.4, 0.5) is 20.2 Å². The van der Waals surface area contributed by atoms with Crippen molar-refractivity contribution in [3.63, 3.8) is 0 Å². The highest BCUT2D eigenvalue weighted by Crippen LogP contribution is 2.32. The van der Waals surface area contributed by atoms with E-state index >= 15 is 0 Å². The van der Waals surface area contributed by atoms with Crippen molar-refractivity contribution >= 4 is 23.3 Å². The van der Waals surface area contributed by atoms with Gasteiger partial charge in [-0.25, -0.2) is 13.5 Å². The van der Waals surface area contributed by atoms with Gasteiger partial charge in [-0.2, -0.15) is 0 Å². The molecular weight excluding hydrogens is 334 g/mol. The van der Waals surface area contributed by atoms with E-state index in [9.17, 15) is 8.78 Å². The molecule has 0 aliphatic heterocycles. The minimum absolute atomic E-state index is 0.0420. The Morgan fingerprint density at radius 3 is 2.62 bits per heavy atom. The van der Waals surface area contributed by atoms with Crippen LogP contribution in [0.2, 0.25) is 0 Å². The molecule has 124 valence electrons. The maximum Gasteiger partial charge on any atom is 0.183 e. The smallest absolute Gasteiger partial charge is 0.183 e. The lowest BCUT2D eigenvalue weighted by Gasteiger charge is -2.13. The summed E-state index contributed by atoms with van der Waals surface area (Å²) < 4.78 is 31.8. The van der Waals surface area contributed by atoms with Crippen molar-refractivity contribution in [1.29, 1.82) is 0 Å².